The fourth-order valence-corrected chi connectivity index (χ4v) is 3.44. The molecule has 2 aromatic heterocycles. The van der Waals surface area contributed by atoms with Crippen molar-refractivity contribution in [3.8, 4) is 6.07 Å². The van der Waals surface area contributed by atoms with Gasteiger partial charge in [0.25, 0.3) is 0 Å². The number of rotatable bonds is 4. The molecule has 2 aromatic rings. The van der Waals surface area contributed by atoms with Crippen LogP contribution in [0.5, 0.6) is 0 Å². The predicted octanol–water partition coefficient (Wildman–Crippen LogP) is 2.32. The van der Waals surface area contributed by atoms with Crippen molar-refractivity contribution in [2.24, 2.45) is 7.05 Å². The van der Waals surface area contributed by atoms with Crippen LogP contribution in [0.3, 0.4) is 0 Å². The fourth-order valence-electron chi connectivity index (χ4n) is 3.44. The summed E-state index contributed by atoms with van der Waals surface area (Å²) < 4.78 is 7.41. The molecule has 0 radical (unpaired) electrons. The number of nitrogens with one attached hydrogen (secondary N) is 1. The molecule has 1 atom stereocenters. The first kappa shape index (κ1) is 17.2. The lowest BCUT2D eigenvalue weighted by molar-refractivity contribution is -0.117. The topological polar surface area (TPSA) is 87.1 Å². The second-order valence-corrected chi connectivity index (χ2v) is 6.60. The molecule has 25 heavy (non-hydrogen) atoms. The lowest BCUT2D eigenvalue weighted by Gasteiger charge is -2.32. The van der Waals surface area contributed by atoms with Gasteiger partial charge in [-0.25, -0.2) is 0 Å². The summed E-state index contributed by atoms with van der Waals surface area (Å²) in [4.78, 5) is 14.5. The van der Waals surface area contributed by atoms with Gasteiger partial charge < -0.3 is 4.42 Å². The minimum absolute atomic E-state index is 0.157. The van der Waals surface area contributed by atoms with Crippen molar-refractivity contribution in [1.82, 2.24) is 14.7 Å². The van der Waals surface area contributed by atoms with E-state index in [-0.39, 0.29) is 18.3 Å². The number of hydrogen-bond acceptors (Lipinski definition) is 5. The van der Waals surface area contributed by atoms with Gasteiger partial charge in [-0.1, -0.05) is 0 Å². The van der Waals surface area contributed by atoms with Crippen LogP contribution in [0.4, 0.5) is 5.88 Å². The smallest absolute Gasteiger partial charge is 0.240 e. The van der Waals surface area contributed by atoms with E-state index < -0.39 is 0 Å². The van der Waals surface area contributed by atoms with Gasteiger partial charge in [-0.2, -0.15) is 10.4 Å². The molecule has 1 aliphatic heterocycles. The van der Waals surface area contributed by atoms with E-state index in [2.05, 4.69) is 21.4 Å². The number of piperidine rings is 1. The molecule has 1 amide bonds. The summed E-state index contributed by atoms with van der Waals surface area (Å²) in [7, 11) is 1.95. The summed E-state index contributed by atoms with van der Waals surface area (Å²) in [5, 5.41) is 16.2. The maximum atomic E-state index is 12.4. The van der Waals surface area contributed by atoms with Crippen LogP contribution in [0.25, 0.3) is 0 Å². The monoisotopic (exact) mass is 341 g/mol. The van der Waals surface area contributed by atoms with Crippen molar-refractivity contribution in [2.75, 3.05) is 25.0 Å². The predicted molar refractivity (Wildman–Crippen MR) is 93.1 cm³/mol. The molecule has 7 nitrogen and oxygen atoms in total. The Hall–Kier alpha value is -2.59. The van der Waals surface area contributed by atoms with Gasteiger partial charge in [-0.3, -0.25) is 19.7 Å². The standard InChI is InChI=1S/C18H23N5O2/c1-12-13(2)25-18(15(12)9-19)21-17(24)11-23-8-4-5-14(10-23)16-6-7-20-22(16)3/h6-7,14H,4-5,8,10-11H2,1-3H3,(H,21,24). The third-order valence-corrected chi connectivity index (χ3v) is 4.90. The second kappa shape index (κ2) is 7.11. The number of carbonyl (C=O) groups is 1. The van der Waals surface area contributed by atoms with Crippen LogP contribution in [0.2, 0.25) is 0 Å². The van der Waals surface area contributed by atoms with E-state index in [4.69, 9.17) is 4.42 Å². The van der Waals surface area contributed by atoms with E-state index in [1.807, 2.05) is 30.9 Å². The molecule has 3 heterocycles. The molecular formula is C18H23N5O2. The molecule has 7 heteroatoms. The number of furan rings is 1. The van der Waals surface area contributed by atoms with Crippen LogP contribution >= 0.6 is 0 Å². The molecule has 0 aromatic carbocycles. The van der Waals surface area contributed by atoms with E-state index >= 15 is 0 Å². The number of anilines is 1. The highest BCUT2D eigenvalue weighted by atomic mass is 16.4. The number of aryl methyl sites for hydroxylation is 2. The number of nitrogens with zero attached hydrogens (tertiary/aromatic N) is 4. The van der Waals surface area contributed by atoms with Gasteiger partial charge in [0.1, 0.15) is 17.4 Å². The molecule has 1 saturated heterocycles. The van der Waals surface area contributed by atoms with Crippen molar-refractivity contribution in [3.63, 3.8) is 0 Å². The van der Waals surface area contributed by atoms with E-state index in [1.165, 1.54) is 5.69 Å². The number of amides is 1. The van der Waals surface area contributed by atoms with Crippen LogP contribution in [-0.2, 0) is 11.8 Å². The molecule has 3 rings (SSSR count). The third-order valence-electron chi connectivity index (χ3n) is 4.90. The van der Waals surface area contributed by atoms with E-state index in [9.17, 15) is 10.1 Å². The van der Waals surface area contributed by atoms with Crippen LogP contribution in [-0.4, -0.2) is 40.2 Å². The maximum absolute atomic E-state index is 12.4. The Morgan fingerprint density at radius 2 is 2.32 bits per heavy atom. The number of aromatic nitrogens is 2. The summed E-state index contributed by atoms with van der Waals surface area (Å²) in [5.41, 5.74) is 2.37. The summed E-state index contributed by atoms with van der Waals surface area (Å²) in [6.07, 6.45) is 3.96. The minimum atomic E-state index is -0.157. The minimum Gasteiger partial charge on any atom is -0.444 e. The van der Waals surface area contributed by atoms with Gasteiger partial charge in [0, 0.05) is 37.0 Å². The van der Waals surface area contributed by atoms with E-state index in [1.54, 1.807) is 6.92 Å². The average Bonchev–Trinajstić information content (AvgIpc) is 3.11. The molecule has 132 valence electrons. The zero-order chi connectivity index (χ0) is 18.0. The summed E-state index contributed by atoms with van der Waals surface area (Å²) in [6.45, 7) is 5.61. The van der Waals surface area contributed by atoms with Gasteiger partial charge in [-0.15, -0.1) is 0 Å². The summed E-state index contributed by atoms with van der Waals surface area (Å²) in [5.74, 6) is 1.14. The highest BCUT2D eigenvalue weighted by molar-refractivity contribution is 5.92. The van der Waals surface area contributed by atoms with Crippen molar-refractivity contribution in [3.05, 3.63) is 34.8 Å². The van der Waals surface area contributed by atoms with Crippen LogP contribution in [0, 0.1) is 25.2 Å². The highest BCUT2D eigenvalue weighted by Crippen LogP contribution is 2.27. The van der Waals surface area contributed by atoms with Gasteiger partial charge in [0.05, 0.1) is 6.54 Å². The molecule has 1 unspecified atom stereocenters. The fraction of sp³-hybridized carbons (Fsp3) is 0.500. The van der Waals surface area contributed by atoms with E-state index in [0.29, 0.717) is 17.2 Å². The SMILES string of the molecule is Cc1oc(NC(=O)CN2CCCC(c3ccnn3C)C2)c(C#N)c1C. The highest BCUT2D eigenvalue weighted by Gasteiger charge is 2.25. The lowest BCUT2D eigenvalue weighted by Crippen LogP contribution is -2.40. The van der Waals surface area contributed by atoms with Gasteiger partial charge in [0.2, 0.25) is 11.8 Å². The quantitative estimate of drug-likeness (QED) is 0.922. The molecule has 0 aliphatic carbocycles. The maximum Gasteiger partial charge on any atom is 0.240 e. The van der Waals surface area contributed by atoms with E-state index in [0.717, 1.165) is 31.5 Å². The molecule has 1 aliphatic rings. The normalized spacial score (nSPS) is 18.1. The Morgan fingerprint density at radius 3 is 3.00 bits per heavy atom. The average molecular weight is 341 g/mol. The van der Waals surface area contributed by atoms with Crippen LogP contribution in [0.15, 0.2) is 16.7 Å². The van der Waals surface area contributed by atoms with Crippen molar-refractivity contribution in [2.45, 2.75) is 32.6 Å². The molecule has 0 bridgehead atoms. The Kier molecular flexibility index (Phi) is 4.91. The van der Waals surface area contributed by atoms with Gasteiger partial charge in [-0.05, 0) is 39.3 Å². The Morgan fingerprint density at radius 1 is 1.52 bits per heavy atom. The molecule has 1 fully saturated rings. The Bertz CT molecular complexity index is 814. The first-order valence-electron chi connectivity index (χ1n) is 8.49. The zero-order valence-corrected chi connectivity index (χ0v) is 14.9. The Labute approximate surface area is 147 Å². The number of carbonyl (C=O) groups excluding carboxylic acids is 1. The molecular weight excluding hydrogens is 318 g/mol. The number of likely N-dealkylation sites (tertiary alicyclic amines) is 1. The number of hydrogen-bond donors (Lipinski definition) is 1. The first-order chi connectivity index (χ1) is 12.0. The third kappa shape index (κ3) is 3.59. The first-order valence-corrected chi connectivity index (χ1v) is 8.49. The largest absolute Gasteiger partial charge is 0.444 e. The van der Waals surface area contributed by atoms with Crippen LogP contribution in [0.1, 0.15) is 41.3 Å². The summed E-state index contributed by atoms with van der Waals surface area (Å²) in [6, 6.07) is 4.14. The lowest BCUT2D eigenvalue weighted by atomic mass is 9.94. The second-order valence-electron chi connectivity index (χ2n) is 6.60. The van der Waals surface area contributed by atoms with Crippen molar-refractivity contribution >= 4 is 11.8 Å². The zero-order valence-electron chi connectivity index (χ0n) is 14.9. The van der Waals surface area contributed by atoms with Crippen LogP contribution < -0.4 is 5.32 Å². The van der Waals surface area contributed by atoms with Crippen molar-refractivity contribution < 1.29 is 9.21 Å². The molecule has 1 N–H and O–H groups in total. The van der Waals surface area contributed by atoms with Gasteiger partial charge >= 0.3 is 0 Å². The Balaban J connectivity index is 1.62. The van der Waals surface area contributed by atoms with Gasteiger partial charge in [0.15, 0.2) is 0 Å². The molecule has 0 saturated carbocycles. The van der Waals surface area contributed by atoms with Crippen molar-refractivity contribution in [1.29, 1.82) is 5.26 Å². The molecule has 0 spiro atoms. The summed E-state index contributed by atoms with van der Waals surface area (Å²) >= 11 is 0. The number of nitriles is 1.